The van der Waals surface area contributed by atoms with Gasteiger partial charge in [0.2, 0.25) is 0 Å². The second-order valence-corrected chi connectivity index (χ2v) is 6.07. The molecular weight excluding hydrogens is 318 g/mol. The Labute approximate surface area is 116 Å². The van der Waals surface area contributed by atoms with Crippen LogP contribution in [0, 0.1) is 0 Å². The summed E-state index contributed by atoms with van der Waals surface area (Å²) in [6, 6.07) is 8.64. The van der Waals surface area contributed by atoms with Crippen LogP contribution < -0.4 is 10.5 Å². The Kier molecular flexibility index (Phi) is 3.88. The van der Waals surface area contributed by atoms with Crippen molar-refractivity contribution < 1.29 is 14.6 Å². The topological polar surface area (TPSA) is 72.5 Å². The smallest absolute Gasteiger partial charge is 0.341 e. The number of aromatic carboxylic acids is 1. The maximum absolute atomic E-state index is 11.1. The molecule has 4 nitrogen and oxygen atoms in total. The number of carboxylic acid groups (broad SMARTS) is 1. The van der Waals surface area contributed by atoms with E-state index in [1.807, 2.05) is 12.1 Å². The van der Waals surface area contributed by atoms with Gasteiger partial charge in [0.05, 0.1) is 3.79 Å². The molecule has 0 bridgehead atoms. The normalized spacial score (nSPS) is 10.3. The quantitative estimate of drug-likeness (QED) is 0.844. The summed E-state index contributed by atoms with van der Waals surface area (Å²) in [5, 5.41) is 9.08. The van der Waals surface area contributed by atoms with Crippen molar-refractivity contribution in [2.24, 2.45) is 0 Å². The largest absolute Gasteiger partial charge is 0.487 e. The van der Waals surface area contributed by atoms with Crippen LogP contribution in [0.15, 0.2) is 34.1 Å². The van der Waals surface area contributed by atoms with Crippen molar-refractivity contribution >= 4 is 38.9 Å². The van der Waals surface area contributed by atoms with Crippen LogP contribution in [0.2, 0.25) is 0 Å². The van der Waals surface area contributed by atoms with Crippen LogP contribution in [0.4, 0.5) is 5.69 Å². The molecule has 18 heavy (non-hydrogen) atoms. The second-order valence-electron chi connectivity index (χ2n) is 3.52. The Balaban J connectivity index is 2.19. The summed E-state index contributed by atoms with van der Waals surface area (Å²) in [7, 11) is 0. The first-order chi connectivity index (χ1) is 8.58. The average molecular weight is 328 g/mol. The highest BCUT2D eigenvalue weighted by Gasteiger charge is 2.15. The molecule has 0 atom stereocenters. The van der Waals surface area contributed by atoms with Crippen LogP contribution in [0.1, 0.15) is 15.2 Å². The number of benzene rings is 1. The van der Waals surface area contributed by atoms with E-state index in [9.17, 15) is 4.79 Å². The minimum Gasteiger partial charge on any atom is -0.487 e. The number of carbonyl (C=O) groups is 1. The average Bonchev–Trinajstić information content (AvgIpc) is 2.72. The summed E-state index contributed by atoms with van der Waals surface area (Å²) in [6.45, 7) is 0.319. The van der Waals surface area contributed by atoms with Gasteiger partial charge >= 0.3 is 5.97 Å². The number of anilines is 1. The molecular formula is C12H10BrNO3S. The lowest BCUT2D eigenvalue weighted by molar-refractivity contribution is 0.0693. The van der Waals surface area contributed by atoms with Crippen LogP contribution in [-0.4, -0.2) is 11.1 Å². The van der Waals surface area contributed by atoms with Gasteiger partial charge in [-0.15, -0.1) is 11.3 Å². The Morgan fingerprint density at radius 1 is 1.39 bits per heavy atom. The highest BCUT2D eigenvalue weighted by Crippen LogP contribution is 2.27. The predicted molar refractivity (Wildman–Crippen MR) is 74.2 cm³/mol. The van der Waals surface area contributed by atoms with E-state index in [2.05, 4.69) is 15.9 Å². The van der Waals surface area contributed by atoms with Gasteiger partial charge < -0.3 is 15.6 Å². The zero-order valence-electron chi connectivity index (χ0n) is 9.22. The molecule has 2 aromatic rings. The standard InChI is InChI=1S/C12H10BrNO3S/c13-10-5-4-7(18-10)6-17-9-3-1-2-8(14)11(9)12(15)16/h1-5H,6,14H2,(H,15,16). The van der Waals surface area contributed by atoms with E-state index in [0.717, 1.165) is 8.66 Å². The molecule has 0 aliphatic carbocycles. The Hall–Kier alpha value is -1.53. The van der Waals surface area contributed by atoms with E-state index in [4.69, 9.17) is 15.6 Å². The van der Waals surface area contributed by atoms with Crippen molar-refractivity contribution in [3.8, 4) is 5.75 Å². The van der Waals surface area contributed by atoms with Crippen molar-refractivity contribution in [1.82, 2.24) is 0 Å². The summed E-state index contributed by atoms with van der Waals surface area (Å²) in [5.41, 5.74) is 5.84. The fourth-order valence-electron chi connectivity index (χ4n) is 1.48. The summed E-state index contributed by atoms with van der Waals surface area (Å²) >= 11 is 4.89. The summed E-state index contributed by atoms with van der Waals surface area (Å²) < 4.78 is 6.51. The molecule has 0 radical (unpaired) electrons. The molecule has 1 aromatic carbocycles. The lowest BCUT2D eigenvalue weighted by Gasteiger charge is -2.09. The van der Waals surface area contributed by atoms with Gasteiger partial charge in [-0.2, -0.15) is 0 Å². The van der Waals surface area contributed by atoms with E-state index in [-0.39, 0.29) is 17.0 Å². The first-order valence-electron chi connectivity index (χ1n) is 5.06. The zero-order valence-corrected chi connectivity index (χ0v) is 11.6. The monoisotopic (exact) mass is 327 g/mol. The van der Waals surface area contributed by atoms with Gasteiger partial charge in [0.25, 0.3) is 0 Å². The van der Waals surface area contributed by atoms with Gasteiger partial charge in [-0.3, -0.25) is 0 Å². The number of hydrogen-bond acceptors (Lipinski definition) is 4. The summed E-state index contributed by atoms with van der Waals surface area (Å²) in [4.78, 5) is 12.1. The molecule has 0 aliphatic rings. The zero-order chi connectivity index (χ0) is 13.1. The van der Waals surface area contributed by atoms with Crippen LogP contribution in [-0.2, 0) is 6.61 Å². The lowest BCUT2D eigenvalue weighted by Crippen LogP contribution is -2.06. The maximum atomic E-state index is 11.1. The van der Waals surface area contributed by atoms with E-state index in [1.54, 1.807) is 12.1 Å². The molecule has 1 heterocycles. The minimum atomic E-state index is -1.09. The van der Waals surface area contributed by atoms with Crippen LogP contribution >= 0.6 is 27.3 Å². The van der Waals surface area contributed by atoms with E-state index < -0.39 is 5.97 Å². The number of thiophene rings is 1. The first-order valence-corrected chi connectivity index (χ1v) is 6.67. The SMILES string of the molecule is Nc1cccc(OCc2ccc(Br)s2)c1C(=O)O. The Bertz CT molecular complexity index is 582. The predicted octanol–water partition coefficient (Wildman–Crippen LogP) is 3.37. The Morgan fingerprint density at radius 2 is 2.17 bits per heavy atom. The molecule has 94 valence electrons. The molecule has 0 amide bonds. The van der Waals surface area contributed by atoms with Crippen molar-refractivity contribution in [3.05, 3.63) is 44.6 Å². The first kappa shape index (κ1) is 12.9. The minimum absolute atomic E-state index is 0.00752. The van der Waals surface area contributed by atoms with Gasteiger partial charge in [0.1, 0.15) is 17.9 Å². The summed E-state index contributed by atoms with van der Waals surface area (Å²) in [5.74, 6) is -0.803. The number of carboxylic acids is 1. The fourth-order valence-corrected chi connectivity index (χ4v) is 2.87. The van der Waals surface area contributed by atoms with Crippen molar-refractivity contribution in [1.29, 1.82) is 0 Å². The van der Waals surface area contributed by atoms with E-state index in [0.29, 0.717) is 6.61 Å². The van der Waals surface area contributed by atoms with Gasteiger partial charge in [-0.05, 0) is 40.2 Å². The third kappa shape index (κ3) is 2.83. The third-order valence-corrected chi connectivity index (χ3v) is 3.87. The van der Waals surface area contributed by atoms with Crippen LogP contribution in [0.5, 0.6) is 5.75 Å². The maximum Gasteiger partial charge on any atom is 0.341 e. The van der Waals surface area contributed by atoms with E-state index >= 15 is 0 Å². The van der Waals surface area contributed by atoms with Crippen LogP contribution in [0.3, 0.4) is 0 Å². The lowest BCUT2D eigenvalue weighted by atomic mass is 10.1. The summed E-state index contributed by atoms with van der Waals surface area (Å²) in [6.07, 6.45) is 0. The molecule has 0 fully saturated rings. The number of nitrogens with two attached hydrogens (primary N) is 1. The van der Waals surface area contributed by atoms with Crippen LogP contribution in [0.25, 0.3) is 0 Å². The highest BCUT2D eigenvalue weighted by molar-refractivity contribution is 9.11. The van der Waals surface area contributed by atoms with Crippen molar-refractivity contribution in [2.75, 3.05) is 5.73 Å². The fraction of sp³-hybridized carbons (Fsp3) is 0.0833. The van der Waals surface area contributed by atoms with Gasteiger partial charge in [0, 0.05) is 10.6 Å². The molecule has 3 N–H and O–H groups in total. The third-order valence-electron chi connectivity index (χ3n) is 2.27. The van der Waals surface area contributed by atoms with E-state index in [1.165, 1.54) is 17.4 Å². The number of ether oxygens (including phenoxy) is 1. The number of nitrogen functional groups attached to an aromatic ring is 1. The van der Waals surface area contributed by atoms with Gasteiger partial charge in [-0.25, -0.2) is 4.79 Å². The van der Waals surface area contributed by atoms with Gasteiger partial charge in [0.15, 0.2) is 0 Å². The molecule has 1 aromatic heterocycles. The molecule has 0 unspecified atom stereocenters. The number of rotatable bonds is 4. The second kappa shape index (κ2) is 5.41. The Morgan fingerprint density at radius 3 is 2.78 bits per heavy atom. The molecule has 0 spiro atoms. The number of halogens is 1. The van der Waals surface area contributed by atoms with Crippen molar-refractivity contribution in [3.63, 3.8) is 0 Å². The molecule has 0 saturated carbocycles. The van der Waals surface area contributed by atoms with Crippen molar-refractivity contribution in [2.45, 2.75) is 6.61 Å². The molecule has 6 heteroatoms. The highest BCUT2D eigenvalue weighted by atomic mass is 79.9. The van der Waals surface area contributed by atoms with Gasteiger partial charge in [-0.1, -0.05) is 6.07 Å². The molecule has 2 rings (SSSR count). The number of hydrogen-bond donors (Lipinski definition) is 2. The molecule has 0 saturated heterocycles. The molecule has 0 aliphatic heterocycles.